The van der Waals surface area contributed by atoms with Crippen molar-refractivity contribution in [3.8, 4) is 5.75 Å². The molecule has 3 aromatic carbocycles. The third kappa shape index (κ3) is 5.09. The highest BCUT2D eigenvalue weighted by Crippen LogP contribution is 2.39. The number of ether oxygens (including phenoxy) is 1. The van der Waals surface area contributed by atoms with Crippen LogP contribution in [-0.2, 0) is 11.3 Å². The first-order valence-corrected chi connectivity index (χ1v) is 11.8. The first-order chi connectivity index (χ1) is 15.5. The molecule has 1 heterocycles. The second kappa shape index (κ2) is 10.1. The molecule has 5 nitrogen and oxygen atoms in total. The molecule has 0 spiro atoms. The number of halogens is 1. The molecule has 1 aliphatic heterocycles. The van der Waals surface area contributed by atoms with Gasteiger partial charge in [-0.15, -0.1) is 11.8 Å². The summed E-state index contributed by atoms with van der Waals surface area (Å²) < 4.78 is 5.58. The summed E-state index contributed by atoms with van der Waals surface area (Å²) in [7, 11) is 0. The van der Waals surface area contributed by atoms with Crippen molar-refractivity contribution in [2.75, 3.05) is 17.7 Å². The van der Waals surface area contributed by atoms with Crippen LogP contribution in [0.4, 0.5) is 5.69 Å². The first kappa shape index (κ1) is 22.2. The number of thioether (sulfide) groups is 1. The van der Waals surface area contributed by atoms with Gasteiger partial charge in [-0.2, -0.15) is 0 Å². The lowest BCUT2D eigenvalue weighted by Crippen LogP contribution is -2.27. The molecule has 2 amide bonds. The highest BCUT2D eigenvalue weighted by atomic mass is 35.5. The lowest BCUT2D eigenvalue weighted by Gasteiger charge is -2.24. The number of carbonyl (C=O) groups is 2. The van der Waals surface area contributed by atoms with E-state index in [0.29, 0.717) is 40.9 Å². The molecule has 0 aliphatic carbocycles. The van der Waals surface area contributed by atoms with Crippen LogP contribution < -0.4 is 10.1 Å². The number of amides is 2. The van der Waals surface area contributed by atoms with Crippen molar-refractivity contribution >= 4 is 40.9 Å². The van der Waals surface area contributed by atoms with E-state index in [1.807, 2.05) is 72.5 Å². The third-order valence-corrected chi connectivity index (χ3v) is 6.64. The molecule has 3 aromatic rings. The van der Waals surface area contributed by atoms with E-state index >= 15 is 0 Å². The second-order valence-corrected chi connectivity index (χ2v) is 8.82. The Kier molecular flexibility index (Phi) is 7.02. The average Bonchev–Trinajstić information content (AvgIpc) is 3.17. The molecule has 1 N–H and O–H groups in total. The summed E-state index contributed by atoms with van der Waals surface area (Å²) in [6.45, 7) is 2.94. The number of anilines is 1. The second-order valence-electron chi connectivity index (χ2n) is 7.32. The van der Waals surface area contributed by atoms with Crippen LogP contribution in [0.2, 0.25) is 5.02 Å². The summed E-state index contributed by atoms with van der Waals surface area (Å²) in [5, 5.41) is 3.49. The molecule has 164 valence electrons. The number of nitrogens with one attached hydrogen (secondary N) is 1. The SMILES string of the molecule is CCOc1ccccc1NC(=O)c1ccc([C@H]2SCC(=O)N2Cc2ccc(Cl)cc2)cc1. The number of rotatable bonds is 7. The van der Waals surface area contributed by atoms with Gasteiger partial charge >= 0.3 is 0 Å². The normalized spacial score (nSPS) is 15.6. The first-order valence-electron chi connectivity index (χ1n) is 10.3. The Hall–Kier alpha value is -2.96. The number of para-hydroxylation sites is 2. The molecule has 0 aromatic heterocycles. The average molecular weight is 467 g/mol. The summed E-state index contributed by atoms with van der Waals surface area (Å²) >= 11 is 7.56. The molecule has 0 saturated carbocycles. The summed E-state index contributed by atoms with van der Waals surface area (Å²) in [4.78, 5) is 27.1. The molecule has 0 radical (unpaired) electrons. The van der Waals surface area contributed by atoms with Crippen molar-refractivity contribution in [2.45, 2.75) is 18.8 Å². The zero-order valence-corrected chi connectivity index (χ0v) is 19.2. The lowest BCUT2D eigenvalue weighted by atomic mass is 10.1. The summed E-state index contributed by atoms with van der Waals surface area (Å²) in [6.07, 6.45) is 0. The van der Waals surface area contributed by atoms with Crippen LogP contribution in [0, 0.1) is 0 Å². The van der Waals surface area contributed by atoms with Gasteiger partial charge in [-0.3, -0.25) is 9.59 Å². The van der Waals surface area contributed by atoms with E-state index in [9.17, 15) is 9.59 Å². The Morgan fingerprint density at radius 1 is 1.09 bits per heavy atom. The number of benzene rings is 3. The molecular formula is C25H23ClN2O3S. The Morgan fingerprint density at radius 2 is 1.81 bits per heavy atom. The van der Waals surface area contributed by atoms with Gasteiger partial charge in [0.1, 0.15) is 11.1 Å². The molecule has 32 heavy (non-hydrogen) atoms. The van der Waals surface area contributed by atoms with Gasteiger partial charge in [0, 0.05) is 17.1 Å². The van der Waals surface area contributed by atoms with E-state index < -0.39 is 0 Å². The van der Waals surface area contributed by atoms with Gasteiger partial charge in [0.05, 0.1) is 18.0 Å². The Bertz CT molecular complexity index is 1100. The quantitative estimate of drug-likeness (QED) is 0.480. The summed E-state index contributed by atoms with van der Waals surface area (Å²) in [5.41, 5.74) is 3.19. The fraction of sp³-hybridized carbons (Fsp3) is 0.200. The molecule has 1 saturated heterocycles. The van der Waals surface area contributed by atoms with Gasteiger partial charge in [-0.1, -0.05) is 48.0 Å². The molecule has 1 aliphatic rings. The van der Waals surface area contributed by atoms with Crippen molar-refractivity contribution < 1.29 is 14.3 Å². The predicted molar refractivity (Wildman–Crippen MR) is 129 cm³/mol. The maximum atomic E-state index is 12.7. The molecule has 1 fully saturated rings. The fourth-order valence-corrected chi connectivity index (χ4v) is 4.85. The van der Waals surface area contributed by atoms with E-state index in [0.717, 1.165) is 11.1 Å². The van der Waals surface area contributed by atoms with Crippen LogP contribution in [-0.4, -0.2) is 29.1 Å². The zero-order chi connectivity index (χ0) is 22.5. The minimum absolute atomic E-state index is 0.0889. The Labute approximate surface area is 196 Å². The number of hydrogen-bond acceptors (Lipinski definition) is 4. The van der Waals surface area contributed by atoms with Crippen LogP contribution in [0.3, 0.4) is 0 Å². The Balaban J connectivity index is 1.47. The van der Waals surface area contributed by atoms with Crippen molar-refractivity contribution in [3.63, 3.8) is 0 Å². The number of carbonyl (C=O) groups excluding carboxylic acids is 2. The minimum Gasteiger partial charge on any atom is -0.492 e. The van der Waals surface area contributed by atoms with Crippen molar-refractivity contribution in [1.82, 2.24) is 4.90 Å². The highest BCUT2D eigenvalue weighted by molar-refractivity contribution is 8.00. The standard InChI is InChI=1S/C25H23ClN2O3S/c1-2-31-22-6-4-3-5-21(22)27-24(30)18-9-11-19(12-10-18)25-28(23(29)16-32-25)15-17-7-13-20(26)14-8-17/h3-14,25H,2,15-16H2,1H3,(H,27,30)/t25-/m1/s1. The number of hydrogen-bond donors (Lipinski definition) is 1. The Morgan fingerprint density at radius 3 is 2.53 bits per heavy atom. The molecule has 4 rings (SSSR count). The predicted octanol–water partition coefficient (Wildman–Crippen LogP) is 5.77. The van der Waals surface area contributed by atoms with Crippen molar-refractivity contribution in [3.05, 3.63) is 94.5 Å². The maximum Gasteiger partial charge on any atom is 0.255 e. The van der Waals surface area contributed by atoms with Gasteiger partial charge in [0.15, 0.2) is 0 Å². The highest BCUT2D eigenvalue weighted by Gasteiger charge is 2.32. The van der Waals surface area contributed by atoms with Gasteiger partial charge in [-0.25, -0.2) is 0 Å². The largest absolute Gasteiger partial charge is 0.492 e. The lowest BCUT2D eigenvalue weighted by molar-refractivity contribution is -0.128. The summed E-state index contributed by atoms with van der Waals surface area (Å²) in [6, 6.07) is 22.3. The minimum atomic E-state index is -0.211. The van der Waals surface area contributed by atoms with Crippen LogP contribution in [0.15, 0.2) is 72.8 Å². The van der Waals surface area contributed by atoms with Crippen LogP contribution in [0.1, 0.15) is 33.8 Å². The molecular weight excluding hydrogens is 444 g/mol. The molecule has 0 unspecified atom stereocenters. The van der Waals surface area contributed by atoms with E-state index in [2.05, 4.69) is 5.32 Å². The number of nitrogens with zero attached hydrogens (tertiary/aromatic N) is 1. The van der Waals surface area contributed by atoms with E-state index in [1.165, 1.54) is 0 Å². The van der Waals surface area contributed by atoms with Crippen LogP contribution in [0.5, 0.6) is 5.75 Å². The van der Waals surface area contributed by atoms with Gasteiger partial charge < -0.3 is 15.0 Å². The van der Waals surface area contributed by atoms with Gasteiger partial charge in [0.25, 0.3) is 5.91 Å². The van der Waals surface area contributed by atoms with Gasteiger partial charge in [0.2, 0.25) is 5.91 Å². The summed E-state index contributed by atoms with van der Waals surface area (Å²) in [5.74, 6) is 0.967. The zero-order valence-electron chi connectivity index (χ0n) is 17.6. The van der Waals surface area contributed by atoms with E-state index in [-0.39, 0.29) is 17.2 Å². The maximum absolute atomic E-state index is 12.7. The molecule has 1 atom stereocenters. The smallest absolute Gasteiger partial charge is 0.255 e. The van der Waals surface area contributed by atoms with E-state index in [1.54, 1.807) is 23.9 Å². The third-order valence-electron chi connectivity index (χ3n) is 5.13. The van der Waals surface area contributed by atoms with Gasteiger partial charge in [-0.05, 0) is 54.4 Å². The van der Waals surface area contributed by atoms with Crippen LogP contribution >= 0.6 is 23.4 Å². The molecule has 7 heteroatoms. The monoisotopic (exact) mass is 466 g/mol. The van der Waals surface area contributed by atoms with Crippen molar-refractivity contribution in [1.29, 1.82) is 0 Å². The fourth-order valence-electron chi connectivity index (χ4n) is 3.53. The molecule has 0 bridgehead atoms. The van der Waals surface area contributed by atoms with Crippen LogP contribution in [0.25, 0.3) is 0 Å². The van der Waals surface area contributed by atoms with E-state index in [4.69, 9.17) is 16.3 Å². The van der Waals surface area contributed by atoms with Crippen molar-refractivity contribution in [2.24, 2.45) is 0 Å². The topological polar surface area (TPSA) is 58.6 Å².